The van der Waals surface area contributed by atoms with Crippen LogP contribution in [-0.4, -0.2) is 11.0 Å². The minimum atomic E-state index is -0.279. The summed E-state index contributed by atoms with van der Waals surface area (Å²) in [6.07, 6.45) is 6.60. The van der Waals surface area contributed by atoms with Gasteiger partial charge in [0.2, 0.25) is 5.91 Å². The van der Waals surface area contributed by atoms with Crippen LogP contribution >= 0.6 is 11.6 Å². The Hall–Kier alpha value is -1.84. The highest BCUT2D eigenvalue weighted by Crippen LogP contribution is 2.66. The first-order valence-corrected chi connectivity index (χ1v) is 10.7. The third-order valence-corrected chi connectivity index (χ3v) is 7.62. The molecule has 0 aromatic heterocycles. The number of rotatable bonds is 4. The first-order valence-electron chi connectivity index (χ1n) is 10.3. The van der Waals surface area contributed by atoms with Crippen LogP contribution in [0.2, 0.25) is 5.02 Å². The average molecular weight is 396 g/mol. The van der Waals surface area contributed by atoms with Gasteiger partial charge in [0.05, 0.1) is 12.0 Å². The Bertz CT molecular complexity index is 893. The van der Waals surface area contributed by atoms with Crippen LogP contribution in [0, 0.1) is 17.3 Å². The van der Waals surface area contributed by atoms with Crippen LogP contribution in [0.1, 0.15) is 49.7 Å². The van der Waals surface area contributed by atoms with Gasteiger partial charge in [0, 0.05) is 10.7 Å². The van der Waals surface area contributed by atoms with Gasteiger partial charge in [0.1, 0.15) is 0 Å². The topological polar surface area (TPSA) is 49.3 Å². The van der Waals surface area contributed by atoms with Gasteiger partial charge in [-0.1, -0.05) is 35.9 Å². The highest BCUT2D eigenvalue weighted by molar-refractivity contribution is 6.30. The van der Waals surface area contributed by atoms with E-state index in [1.165, 1.54) is 24.8 Å². The molecule has 6 rings (SSSR count). The number of halogens is 1. The molecule has 0 saturated heterocycles. The van der Waals surface area contributed by atoms with E-state index in [0.29, 0.717) is 11.8 Å². The van der Waals surface area contributed by atoms with Gasteiger partial charge in [-0.15, -0.1) is 0 Å². The second kappa shape index (κ2) is 6.60. The summed E-state index contributed by atoms with van der Waals surface area (Å²) in [7, 11) is 0. The maximum absolute atomic E-state index is 13.5. The standard InChI is InChI=1S/C24H26ClNO2/c25-20-6-4-19(5-7-20)23-10-17-8-18(11-23)13-24(12-17,15-23)22(28)26-21-3-1-2-16(9-21)14-27/h1-7,9,17-18,27H,8,10-15H2,(H,26,28). The zero-order chi connectivity index (χ0) is 19.4. The van der Waals surface area contributed by atoms with Crippen molar-refractivity contribution in [1.29, 1.82) is 0 Å². The lowest BCUT2D eigenvalue weighted by atomic mass is 9.42. The molecule has 4 aliphatic carbocycles. The Labute approximate surface area is 171 Å². The lowest BCUT2D eigenvalue weighted by Gasteiger charge is -2.61. The fourth-order valence-corrected chi connectivity index (χ4v) is 6.81. The molecule has 146 valence electrons. The summed E-state index contributed by atoms with van der Waals surface area (Å²) < 4.78 is 0. The molecule has 0 radical (unpaired) electrons. The summed E-state index contributed by atoms with van der Waals surface area (Å²) in [5, 5.41) is 13.3. The SMILES string of the molecule is O=C(Nc1cccc(CO)c1)C12CC3CC(C1)CC(c1ccc(Cl)cc1)(C3)C2. The quantitative estimate of drug-likeness (QED) is 0.737. The molecule has 4 bridgehead atoms. The van der Waals surface area contributed by atoms with E-state index < -0.39 is 0 Å². The minimum Gasteiger partial charge on any atom is -0.392 e. The minimum absolute atomic E-state index is 0.0152. The summed E-state index contributed by atoms with van der Waals surface area (Å²) in [6.45, 7) is -0.0152. The molecule has 4 aliphatic rings. The molecule has 28 heavy (non-hydrogen) atoms. The van der Waals surface area contributed by atoms with Crippen molar-refractivity contribution < 1.29 is 9.90 Å². The lowest BCUT2D eigenvalue weighted by molar-refractivity contribution is -0.143. The molecule has 0 aliphatic heterocycles. The molecule has 2 aromatic rings. The van der Waals surface area contributed by atoms with Crippen LogP contribution in [-0.2, 0) is 16.8 Å². The summed E-state index contributed by atoms with van der Waals surface area (Å²) in [6, 6.07) is 15.9. The van der Waals surface area contributed by atoms with Crippen molar-refractivity contribution >= 4 is 23.2 Å². The van der Waals surface area contributed by atoms with Gasteiger partial charge in [-0.3, -0.25) is 4.79 Å². The predicted octanol–water partition coefficient (Wildman–Crippen LogP) is 5.31. The molecule has 0 heterocycles. The Balaban J connectivity index is 1.46. The number of hydrogen-bond donors (Lipinski definition) is 2. The van der Waals surface area contributed by atoms with Gasteiger partial charge in [-0.25, -0.2) is 0 Å². The van der Waals surface area contributed by atoms with E-state index in [0.717, 1.165) is 35.5 Å². The van der Waals surface area contributed by atoms with Crippen molar-refractivity contribution in [1.82, 2.24) is 0 Å². The summed E-state index contributed by atoms with van der Waals surface area (Å²) in [5.74, 6) is 1.42. The predicted molar refractivity (Wildman–Crippen MR) is 111 cm³/mol. The zero-order valence-electron chi connectivity index (χ0n) is 16.0. The van der Waals surface area contributed by atoms with Gasteiger partial charge in [0.15, 0.2) is 0 Å². The average Bonchev–Trinajstić information content (AvgIpc) is 2.67. The van der Waals surface area contributed by atoms with Crippen molar-refractivity contribution in [3.05, 3.63) is 64.7 Å². The van der Waals surface area contributed by atoms with E-state index in [1.54, 1.807) is 0 Å². The van der Waals surface area contributed by atoms with Gasteiger partial charge < -0.3 is 10.4 Å². The highest BCUT2D eigenvalue weighted by atomic mass is 35.5. The van der Waals surface area contributed by atoms with Crippen LogP contribution < -0.4 is 5.32 Å². The third-order valence-electron chi connectivity index (χ3n) is 7.37. The van der Waals surface area contributed by atoms with E-state index in [9.17, 15) is 9.90 Å². The van der Waals surface area contributed by atoms with Crippen LogP contribution in [0.25, 0.3) is 0 Å². The molecule has 2 atom stereocenters. The molecule has 4 fully saturated rings. The number of benzene rings is 2. The number of amides is 1. The molecular weight excluding hydrogens is 370 g/mol. The van der Waals surface area contributed by atoms with E-state index >= 15 is 0 Å². The number of aliphatic hydroxyl groups is 1. The van der Waals surface area contributed by atoms with Crippen molar-refractivity contribution in [3.8, 4) is 0 Å². The third kappa shape index (κ3) is 2.96. The molecule has 2 unspecified atom stereocenters. The fourth-order valence-electron chi connectivity index (χ4n) is 6.68. The Morgan fingerprint density at radius 3 is 2.46 bits per heavy atom. The maximum atomic E-state index is 13.5. The molecule has 2 aromatic carbocycles. The number of carbonyl (C=O) groups excluding carboxylic acids is 1. The van der Waals surface area contributed by atoms with Crippen LogP contribution in [0.15, 0.2) is 48.5 Å². The number of hydrogen-bond acceptors (Lipinski definition) is 2. The van der Waals surface area contributed by atoms with Crippen molar-refractivity contribution in [2.75, 3.05) is 5.32 Å². The molecule has 1 amide bonds. The Morgan fingerprint density at radius 2 is 1.79 bits per heavy atom. The largest absolute Gasteiger partial charge is 0.392 e. The van der Waals surface area contributed by atoms with Gasteiger partial charge >= 0.3 is 0 Å². The molecule has 2 N–H and O–H groups in total. The van der Waals surface area contributed by atoms with Crippen molar-refractivity contribution in [2.24, 2.45) is 17.3 Å². The van der Waals surface area contributed by atoms with Crippen LogP contribution in [0.4, 0.5) is 5.69 Å². The van der Waals surface area contributed by atoms with E-state index in [2.05, 4.69) is 17.4 Å². The smallest absolute Gasteiger partial charge is 0.230 e. The summed E-state index contributed by atoms with van der Waals surface area (Å²) in [4.78, 5) is 13.5. The van der Waals surface area contributed by atoms with Gasteiger partial charge in [-0.2, -0.15) is 0 Å². The monoisotopic (exact) mass is 395 g/mol. The van der Waals surface area contributed by atoms with Gasteiger partial charge in [0.25, 0.3) is 0 Å². The summed E-state index contributed by atoms with van der Waals surface area (Å²) in [5.41, 5.74) is 2.79. The first-order chi connectivity index (χ1) is 13.5. The van der Waals surface area contributed by atoms with E-state index in [-0.39, 0.29) is 23.3 Å². The van der Waals surface area contributed by atoms with E-state index in [1.807, 2.05) is 36.4 Å². The highest BCUT2D eigenvalue weighted by Gasteiger charge is 2.60. The zero-order valence-corrected chi connectivity index (χ0v) is 16.7. The Kier molecular flexibility index (Phi) is 4.29. The first kappa shape index (κ1) is 18.2. The number of carbonyl (C=O) groups is 1. The normalized spacial score (nSPS) is 33.1. The number of nitrogens with one attached hydrogen (secondary N) is 1. The molecular formula is C24H26ClNO2. The number of anilines is 1. The maximum Gasteiger partial charge on any atom is 0.230 e. The molecule has 4 saturated carbocycles. The fraction of sp³-hybridized carbons (Fsp3) is 0.458. The van der Waals surface area contributed by atoms with Crippen molar-refractivity contribution in [2.45, 2.75) is 50.5 Å². The number of aliphatic hydroxyl groups excluding tert-OH is 1. The van der Waals surface area contributed by atoms with E-state index in [4.69, 9.17) is 11.6 Å². The molecule has 3 nitrogen and oxygen atoms in total. The van der Waals surface area contributed by atoms with Gasteiger partial charge in [-0.05, 0) is 91.2 Å². The molecule has 4 heteroatoms. The van der Waals surface area contributed by atoms with Crippen molar-refractivity contribution in [3.63, 3.8) is 0 Å². The lowest BCUT2D eigenvalue weighted by Crippen LogP contribution is -2.57. The molecule has 0 spiro atoms. The van der Waals surface area contributed by atoms with Crippen LogP contribution in [0.3, 0.4) is 0 Å². The summed E-state index contributed by atoms with van der Waals surface area (Å²) >= 11 is 6.13. The second-order valence-electron chi connectivity index (χ2n) is 9.34. The second-order valence-corrected chi connectivity index (χ2v) is 9.78. The van der Waals surface area contributed by atoms with Crippen LogP contribution in [0.5, 0.6) is 0 Å². The Morgan fingerprint density at radius 1 is 1.07 bits per heavy atom.